The molecule has 2 heterocycles. The molecule has 0 aliphatic carbocycles. The number of hydrogen-bond acceptors (Lipinski definition) is 2. The van der Waals surface area contributed by atoms with Crippen molar-refractivity contribution in [2.75, 3.05) is 0 Å². The smallest absolute Gasteiger partial charge is 0.183 e. The van der Waals surface area contributed by atoms with Gasteiger partial charge in [0.15, 0.2) is 5.65 Å². The lowest BCUT2D eigenvalue weighted by Crippen LogP contribution is -1.74. The van der Waals surface area contributed by atoms with Crippen molar-refractivity contribution in [2.45, 2.75) is 13.8 Å². The van der Waals surface area contributed by atoms with Gasteiger partial charge >= 0.3 is 0 Å². The molecule has 13 heavy (non-hydrogen) atoms. The molecule has 0 fully saturated rings. The second-order valence-corrected chi connectivity index (χ2v) is 3.23. The van der Waals surface area contributed by atoms with Crippen LogP contribution in [0.3, 0.4) is 0 Å². The van der Waals surface area contributed by atoms with Crippen molar-refractivity contribution in [1.82, 2.24) is 15.2 Å². The minimum atomic E-state index is 0.629. The molecule has 0 aromatic carbocycles. The van der Waals surface area contributed by atoms with Crippen molar-refractivity contribution in [2.24, 2.45) is 0 Å². The van der Waals surface area contributed by atoms with Gasteiger partial charge in [-0.2, -0.15) is 5.10 Å². The predicted octanol–water partition coefficient (Wildman–Crippen LogP) is 3.40. The maximum Gasteiger partial charge on any atom is 0.183 e. The Morgan fingerprint density at radius 1 is 1.46 bits per heavy atom. The predicted molar refractivity (Wildman–Crippen MR) is 57.9 cm³/mol. The first-order valence-corrected chi connectivity index (χ1v) is 5.10. The number of nitrogens with one attached hydrogen (secondary N) is 1. The number of hydrogen-bond donors (Lipinski definition) is 1. The lowest BCUT2D eigenvalue weighted by Gasteiger charge is -1.89. The van der Waals surface area contributed by atoms with Gasteiger partial charge in [0.05, 0.1) is 10.4 Å². The van der Waals surface area contributed by atoms with Crippen LogP contribution in [0.15, 0.2) is 16.9 Å². The topological polar surface area (TPSA) is 41.6 Å². The highest BCUT2D eigenvalue weighted by Crippen LogP contribution is 2.26. The van der Waals surface area contributed by atoms with Crippen molar-refractivity contribution in [3.05, 3.63) is 21.9 Å². The lowest BCUT2D eigenvalue weighted by molar-refractivity contribution is 1.08. The maximum absolute atomic E-state index is 5.87. The Morgan fingerprint density at radius 3 is 2.77 bits per heavy atom. The van der Waals surface area contributed by atoms with Crippen LogP contribution < -0.4 is 0 Å². The van der Waals surface area contributed by atoms with Gasteiger partial charge in [0.1, 0.15) is 4.60 Å². The molecular weight excluding hydrogens is 253 g/mol. The van der Waals surface area contributed by atoms with Crippen LogP contribution in [0.4, 0.5) is 0 Å². The van der Waals surface area contributed by atoms with E-state index in [9.17, 15) is 0 Å². The molecule has 0 saturated heterocycles. The molecule has 0 saturated carbocycles. The van der Waals surface area contributed by atoms with Gasteiger partial charge in [0.25, 0.3) is 0 Å². The highest BCUT2D eigenvalue weighted by atomic mass is 79.9. The van der Waals surface area contributed by atoms with E-state index < -0.39 is 0 Å². The van der Waals surface area contributed by atoms with Crippen molar-refractivity contribution in [3.8, 4) is 0 Å². The van der Waals surface area contributed by atoms with Gasteiger partial charge < -0.3 is 0 Å². The molecule has 3 nitrogen and oxygen atoms in total. The van der Waals surface area contributed by atoms with Crippen molar-refractivity contribution in [1.29, 1.82) is 0 Å². The van der Waals surface area contributed by atoms with Gasteiger partial charge in [-0.3, -0.25) is 5.10 Å². The number of H-pyrrole nitrogens is 1. The van der Waals surface area contributed by atoms with Gasteiger partial charge in [-0.25, -0.2) is 4.98 Å². The zero-order valence-electron chi connectivity index (χ0n) is 7.31. The third-order valence-corrected chi connectivity index (χ3v) is 2.25. The van der Waals surface area contributed by atoms with E-state index >= 15 is 0 Å². The molecule has 0 atom stereocenters. The fraction of sp³-hybridized carbons (Fsp3) is 0.250. The zero-order valence-corrected chi connectivity index (χ0v) is 9.65. The fourth-order valence-electron chi connectivity index (χ4n) is 0.874. The van der Waals surface area contributed by atoms with E-state index in [1.165, 1.54) is 0 Å². The molecule has 0 aliphatic rings. The summed E-state index contributed by atoms with van der Waals surface area (Å²) in [7, 11) is 0. The van der Waals surface area contributed by atoms with Crippen LogP contribution in [0.5, 0.6) is 0 Å². The molecule has 0 radical (unpaired) electrons. The number of nitrogens with zero attached hydrogens (tertiary/aromatic N) is 2. The first kappa shape index (κ1) is 10.5. The molecule has 0 aliphatic heterocycles. The molecule has 0 amide bonds. The first-order valence-electron chi connectivity index (χ1n) is 3.93. The van der Waals surface area contributed by atoms with E-state index in [4.69, 9.17) is 11.6 Å². The summed E-state index contributed by atoms with van der Waals surface area (Å²) < 4.78 is 0.769. The van der Waals surface area contributed by atoms with E-state index in [2.05, 4.69) is 31.1 Å². The third-order valence-electron chi connectivity index (χ3n) is 1.36. The van der Waals surface area contributed by atoms with E-state index in [-0.39, 0.29) is 0 Å². The minimum Gasteiger partial charge on any atom is -0.269 e. The van der Waals surface area contributed by atoms with E-state index in [1.807, 2.05) is 13.8 Å². The van der Waals surface area contributed by atoms with Crippen LogP contribution in [-0.2, 0) is 0 Å². The molecule has 2 rings (SSSR count). The van der Waals surface area contributed by atoms with Crippen molar-refractivity contribution in [3.63, 3.8) is 0 Å². The molecule has 0 spiro atoms. The summed E-state index contributed by atoms with van der Waals surface area (Å²) in [6, 6.07) is 1.73. The summed E-state index contributed by atoms with van der Waals surface area (Å²) in [6.45, 7) is 4.00. The van der Waals surface area contributed by atoms with Gasteiger partial charge in [-0.1, -0.05) is 25.4 Å². The summed E-state index contributed by atoms with van der Waals surface area (Å²) in [5, 5.41) is 8.13. The average Bonchev–Trinajstić information content (AvgIpc) is 2.53. The zero-order chi connectivity index (χ0) is 9.84. The molecule has 5 heteroatoms. The molecule has 0 bridgehead atoms. The Balaban J connectivity index is 0.000000396. The van der Waals surface area contributed by atoms with E-state index in [0.29, 0.717) is 10.7 Å². The van der Waals surface area contributed by atoms with Gasteiger partial charge in [0.2, 0.25) is 0 Å². The Morgan fingerprint density at radius 2 is 2.15 bits per heavy atom. The van der Waals surface area contributed by atoms with Crippen molar-refractivity contribution >= 4 is 38.6 Å². The number of fused-ring (bicyclic) bond motifs is 1. The fourth-order valence-corrected chi connectivity index (χ4v) is 1.70. The van der Waals surface area contributed by atoms with Crippen LogP contribution in [0.2, 0.25) is 5.02 Å². The Kier molecular flexibility index (Phi) is 3.69. The Bertz CT molecular complexity index is 399. The van der Waals surface area contributed by atoms with E-state index in [1.54, 1.807) is 12.3 Å². The number of aromatic amines is 1. The molecule has 1 N–H and O–H groups in total. The summed E-state index contributed by atoms with van der Waals surface area (Å²) in [6.07, 6.45) is 1.62. The van der Waals surface area contributed by atoms with E-state index in [0.717, 1.165) is 9.99 Å². The second-order valence-electron chi connectivity index (χ2n) is 2.03. The molecular formula is C8H9BrClN3. The SMILES string of the molecule is CC.Clc1ccnc2n[nH]c(Br)c12. The van der Waals surface area contributed by atoms with Crippen molar-refractivity contribution < 1.29 is 0 Å². The van der Waals surface area contributed by atoms with Crippen LogP contribution in [-0.4, -0.2) is 15.2 Å². The number of rotatable bonds is 0. The second kappa shape index (κ2) is 4.58. The standard InChI is InChI=1S/C6H3BrClN3.C2H6/c7-5-4-3(8)1-2-9-6(4)11-10-5;1-2/h1-2H,(H,9,10,11);1-2H3. The summed E-state index contributed by atoms with van der Waals surface area (Å²) >= 11 is 9.15. The molecule has 2 aromatic heterocycles. The minimum absolute atomic E-state index is 0.629. The van der Waals surface area contributed by atoms with Crippen LogP contribution in [0, 0.1) is 0 Å². The molecule has 0 unspecified atom stereocenters. The number of aromatic nitrogens is 3. The number of pyridine rings is 1. The molecule has 70 valence electrons. The quantitative estimate of drug-likeness (QED) is 0.790. The Hall–Kier alpha value is -0.610. The van der Waals surface area contributed by atoms with Gasteiger partial charge in [0, 0.05) is 6.20 Å². The lowest BCUT2D eigenvalue weighted by atomic mass is 10.4. The summed E-state index contributed by atoms with van der Waals surface area (Å²) in [4.78, 5) is 4.01. The third kappa shape index (κ3) is 2.00. The van der Waals surface area contributed by atoms with Crippen LogP contribution >= 0.6 is 27.5 Å². The normalized spacial score (nSPS) is 9.54. The Labute approximate surface area is 89.6 Å². The summed E-state index contributed by atoms with van der Waals surface area (Å²) in [5.41, 5.74) is 0.629. The number of halogens is 2. The summed E-state index contributed by atoms with van der Waals surface area (Å²) in [5.74, 6) is 0. The van der Waals surface area contributed by atoms with Crippen LogP contribution in [0.1, 0.15) is 13.8 Å². The van der Waals surface area contributed by atoms with Crippen LogP contribution in [0.25, 0.3) is 11.0 Å². The monoisotopic (exact) mass is 261 g/mol. The highest BCUT2D eigenvalue weighted by molar-refractivity contribution is 9.10. The van der Waals surface area contributed by atoms with Gasteiger partial charge in [-0.15, -0.1) is 0 Å². The highest BCUT2D eigenvalue weighted by Gasteiger charge is 2.05. The molecule has 2 aromatic rings. The largest absolute Gasteiger partial charge is 0.269 e. The average molecular weight is 263 g/mol. The maximum atomic E-state index is 5.87. The first-order chi connectivity index (χ1) is 6.29. The van der Waals surface area contributed by atoms with Gasteiger partial charge in [-0.05, 0) is 22.0 Å².